The molecule has 1 rings (SSSR count). The molecule has 5 heteroatoms. The van der Waals surface area contributed by atoms with Gasteiger partial charge in [-0.05, 0) is 20.8 Å². The highest BCUT2D eigenvalue weighted by molar-refractivity contribution is 7.09. The third-order valence-electron chi connectivity index (χ3n) is 2.17. The Morgan fingerprint density at radius 2 is 2.40 bits per heavy atom. The summed E-state index contributed by atoms with van der Waals surface area (Å²) in [4.78, 5) is 16.8. The molecule has 0 saturated heterocycles. The number of carbonyl (C=O) groups excluding carboxylic acids is 1. The Morgan fingerprint density at radius 3 is 2.87 bits per heavy atom. The van der Waals surface area contributed by atoms with Gasteiger partial charge in [-0.25, -0.2) is 0 Å². The number of aromatic nitrogens is 1. The fourth-order valence-electron chi connectivity index (χ4n) is 0.963. The highest BCUT2D eigenvalue weighted by atomic mass is 35.5. The van der Waals surface area contributed by atoms with Crippen LogP contribution in [0.4, 0.5) is 0 Å². The van der Waals surface area contributed by atoms with Gasteiger partial charge in [0.2, 0.25) is 5.91 Å². The lowest BCUT2D eigenvalue weighted by Crippen LogP contribution is -2.39. The Kier molecular flexibility index (Phi) is 4.11. The van der Waals surface area contributed by atoms with E-state index in [0.717, 1.165) is 4.88 Å². The molecule has 84 valence electrons. The number of carbonyl (C=O) groups is 1. The van der Waals surface area contributed by atoms with E-state index >= 15 is 0 Å². The third-order valence-corrected chi connectivity index (χ3v) is 3.80. The topological polar surface area (TPSA) is 42.0 Å². The molecule has 0 aromatic carbocycles. The van der Waals surface area contributed by atoms with Crippen LogP contribution in [-0.2, 0) is 4.79 Å². The largest absolute Gasteiger partial charge is 0.348 e. The zero-order valence-electron chi connectivity index (χ0n) is 9.08. The van der Waals surface area contributed by atoms with Crippen molar-refractivity contribution in [2.24, 2.45) is 5.41 Å². The first kappa shape index (κ1) is 12.5. The third kappa shape index (κ3) is 3.18. The molecule has 0 spiro atoms. The fourth-order valence-corrected chi connectivity index (χ4v) is 1.71. The van der Waals surface area contributed by atoms with E-state index in [9.17, 15) is 4.79 Å². The van der Waals surface area contributed by atoms with Gasteiger partial charge in [-0.2, -0.15) is 0 Å². The zero-order chi connectivity index (χ0) is 11.5. The second kappa shape index (κ2) is 4.94. The number of hydrogen-bond donors (Lipinski definition) is 1. The Labute approximate surface area is 98.9 Å². The van der Waals surface area contributed by atoms with Crippen LogP contribution < -0.4 is 5.32 Å². The number of alkyl halides is 1. The molecular formula is C10H15ClN2OS. The van der Waals surface area contributed by atoms with Crippen molar-refractivity contribution >= 4 is 28.8 Å². The quantitative estimate of drug-likeness (QED) is 0.830. The highest BCUT2D eigenvalue weighted by Crippen LogP contribution is 2.21. The number of halogens is 1. The van der Waals surface area contributed by atoms with Gasteiger partial charge in [-0.1, -0.05) is 0 Å². The summed E-state index contributed by atoms with van der Waals surface area (Å²) in [5, 5.41) is 2.92. The van der Waals surface area contributed by atoms with Crippen molar-refractivity contribution in [3.8, 4) is 0 Å². The molecule has 0 fully saturated rings. The van der Waals surface area contributed by atoms with Crippen LogP contribution in [-0.4, -0.2) is 16.8 Å². The lowest BCUT2D eigenvalue weighted by Gasteiger charge is -2.23. The smallest absolute Gasteiger partial charge is 0.227 e. The summed E-state index contributed by atoms with van der Waals surface area (Å²) in [7, 11) is 0. The van der Waals surface area contributed by atoms with Gasteiger partial charge >= 0.3 is 0 Å². The molecule has 1 heterocycles. The average molecular weight is 247 g/mol. The average Bonchev–Trinajstić information content (AvgIpc) is 2.70. The van der Waals surface area contributed by atoms with E-state index in [2.05, 4.69) is 10.3 Å². The normalized spacial score (nSPS) is 13.6. The van der Waals surface area contributed by atoms with Crippen molar-refractivity contribution in [3.63, 3.8) is 0 Å². The highest BCUT2D eigenvalue weighted by Gasteiger charge is 2.27. The summed E-state index contributed by atoms with van der Waals surface area (Å²) in [5.74, 6) is 0.284. The van der Waals surface area contributed by atoms with Crippen molar-refractivity contribution in [3.05, 3.63) is 16.6 Å². The van der Waals surface area contributed by atoms with Crippen molar-refractivity contribution < 1.29 is 4.79 Å². The number of thiazole rings is 1. The lowest BCUT2D eigenvalue weighted by molar-refractivity contribution is -0.128. The zero-order valence-corrected chi connectivity index (χ0v) is 10.7. The molecule has 15 heavy (non-hydrogen) atoms. The van der Waals surface area contributed by atoms with Gasteiger partial charge in [0.15, 0.2) is 0 Å². The molecule has 1 atom stereocenters. The molecule has 1 N–H and O–H groups in total. The Bertz CT molecular complexity index is 324. The monoisotopic (exact) mass is 246 g/mol. The van der Waals surface area contributed by atoms with Crippen LogP contribution in [0.2, 0.25) is 0 Å². The Morgan fingerprint density at radius 1 is 1.73 bits per heavy atom. The number of hydrogen-bond acceptors (Lipinski definition) is 3. The summed E-state index contributed by atoms with van der Waals surface area (Å²) in [5.41, 5.74) is 1.23. The first-order valence-electron chi connectivity index (χ1n) is 4.72. The van der Waals surface area contributed by atoms with Gasteiger partial charge in [0.05, 0.1) is 17.0 Å². The van der Waals surface area contributed by atoms with Crippen LogP contribution in [0.5, 0.6) is 0 Å². The van der Waals surface area contributed by atoms with Crippen molar-refractivity contribution in [2.75, 3.05) is 5.88 Å². The van der Waals surface area contributed by atoms with Gasteiger partial charge in [0, 0.05) is 17.0 Å². The van der Waals surface area contributed by atoms with E-state index in [4.69, 9.17) is 11.6 Å². The molecule has 1 aromatic rings. The molecule has 0 saturated carbocycles. The molecule has 1 aromatic heterocycles. The maximum atomic E-state index is 11.8. The minimum Gasteiger partial charge on any atom is -0.348 e. The van der Waals surface area contributed by atoms with Crippen molar-refractivity contribution in [1.29, 1.82) is 0 Å². The van der Waals surface area contributed by atoms with Crippen LogP contribution in [0.25, 0.3) is 0 Å². The molecule has 0 aliphatic carbocycles. The number of amides is 1. The van der Waals surface area contributed by atoms with Crippen LogP contribution in [0.3, 0.4) is 0 Å². The molecule has 0 aliphatic heterocycles. The van der Waals surface area contributed by atoms with Gasteiger partial charge < -0.3 is 5.32 Å². The first-order valence-corrected chi connectivity index (χ1v) is 6.14. The summed E-state index contributed by atoms with van der Waals surface area (Å²) < 4.78 is 0. The van der Waals surface area contributed by atoms with E-state index < -0.39 is 5.41 Å². The van der Waals surface area contributed by atoms with Crippen LogP contribution in [0, 0.1) is 5.41 Å². The number of nitrogens with zero attached hydrogens (tertiary/aromatic N) is 1. The second-order valence-electron chi connectivity index (χ2n) is 4.12. The molecule has 3 nitrogen and oxygen atoms in total. The van der Waals surface area contributed by atoms with Gasteiger partial charge in [-0.15, -0.1) is 22.9 Å². The summed E-state index contributed by atoms with van der Waals surface area (Å²) in [6.45, 7) is 5.60. The SMILES string of the molecule is CC(NC(=O)C(C)(C)CCl)c1cncs1. The van der Waals surface area contributed by atoms with E-state index in [1.54, 1.807) is 11.7 Å². The van der Waals surface area contributed by atoms with E-state index in [1.807, 2.05) is 20.8 Å². The summed E-state index contributed by atoms with van der Waals surface area (Å²) in [6, 6.07) is -0.00695. The van der Waals surface area contributed by atoms with E-state index in [1.165, 1.54) is 11.3 Å². The minimum absolute atomic E-state index is 0.00695. The van der Waals surface area contributed by atoms with Crippen LogP contribution in [0.15, 0.2) is 11.7 Å². The summed E-state index contributed by atoms with van der Waals surface area (Å²) in [6.07, 6.45) is 1.77. The van der Waals surface area contributed by atoms with Crippen LogP contribution in [0.1, 0.15) is 31.7 Å². The number of nitrogens with one attached hydrogen (secondary N) is 1. The molecule has 0 aliphatic rings. The summed E-state index contributed by atoms with van der Waals surface area (Å²) >= 11 is 7.26. The first-order chi connectivity index (χ1) is 6.97. The maximum Gasteiger partial charge on any atom is 0.227 e. The fraction of sp³-hybridized carbons (Fsp3) is 0.600. The Hall–Kier alpha value is -0.610. The predicted octanol–water partition coefficient (Wildman–Crippen LogP) is 2.59. The van der Waals surface area contributed by atoms with Crippen molar-refractivity contribution in [1.82, 2.24) is 10.3 Å². The van der Waals surface area contributed by atoms with Gasteiger partial charge in [0.25, 0.3) is 0 Å². The minimum atomic E-state index is -0.527. The molecule has 0 radical (unpaired) electrons. The second-order valence-corrected chi connectivity index (χ2v) is 5.30. The Balaban J connectivity index is 2.60. The van der Waals surface area contributed by atoms with Gasteiger partial charge in [-0.3, -0.25) is 9.78 Å². The van der Waals surface area contributed by atoms with Crippen molar-refractivity contribution in [2.45, 2.75) is 26.8 Å². The maximum absolute atomic E-state index is 11.8. The molecular weight excluding hydrogens is 232 g/mol. The standard InChI is InChI=1S/C10H15ClN2OS/c1-7(8-4-12-6-15-8)13-9(14)10(2,3)5-11/h4,6-7H,5H2,1-3H3,(H,13,14). The van der Waals surface area contributed by atoms with Crippen LogP contribution >= 0.6 is 22.9 Å². The predicted molar refractivity (Wildman–Crippen MR) is 63.2 cm³/mol. The van der Waals surface area contributed by atoms with E-state index in [0.29, 0.717) is 5.88 Å². The number of rotatable bonds is 4. The molecule has 1 unspecified atom stereocenters. The van der Waals surface area contributed by atoms with E-state index in [-0.39, 0.29) is 11.9 Å². The molecule has 1 amide bonds. The van der Waals surface area contributed by atoms with Gasteiger partial charge in [0.1, 0.15) is 0 Å². The lowest BCUT2D eigenvalue weighted by atomic mass is 9.95. The molecule has 0 bridgehead atoms.